The number of carbonyl (C=O) groups is 2. The Bertz CT molecular complexity index is 370. The van der Waals surface area contributed by atoms with E-state index in [1.807, 2.05) is 0 Å². The van der Waals surface area contributed by atoms with Crippen LogP contribution in [-0.4, -0.2) is 43.4 Å². The number of hydrogen-bond donors (Lipinski definition) is 3. The quantitative estimate of drug-likeness (QED) is 0.723. The first kappa shape index (κ1) is 17.8. The standard InChI is InChI=1S/C15H28N2O4/c1-11(14(2,3)4)9-16-13(20)17-10-15(12(18)19)5-7-21-8-6-15/h11H,5-10H2,1-4H3,(H,18,19)(H2,16,17,20). The van der Waals surface area contributed by atoms with Gasteiger partial charge in [-0.2, -0.15) is 0 Å². The highest BCUT2D eigenvalue weighted by molar-refractivity contribution is 5.78. The molecule has 1 aliphatic heterocycles. The Kier molecular flexibility index (Phi) is 6.01. The van der Waals surface area contributed by atoms with Crippen LogP contribution in [0.2, 0.25) is 0 Å². The van der Waals surface area contributed by atoms with Gasteiger partial charge in [-0.15, -0.1) is 0 Å². The van der Waals surface area contributed by atoms with Gasteiger partial charge in [0.25, 0.3) is 0 Å². The third kappa shape index (κ3) is 5.19. The lowest BCUT2D eigenvalue weighted by Crippen LogP contribution is -2.49. The molecule has 21 heavy (non-hydrogen) atoms. The first-order valence-corrected chi connectivity index (χ1v) is 7.50. The van der Waals surface area contributed by atoms with Gasteiger partial charge in [0.1, 0.15) is 0 Å². The van der Waals surface area contributed by atoms with Crippen LogP contribution in [0.3, 0.4) is 0 Å². The van der Waals surface area contributed by atoms with E-state index in [2.05, 4.69) is 38.3 Å². The maximum atomic E-state index is 11.8. The van der Waals surface area contributed by atoms with E-state index in [4.69, 9.17) is 4.74 Å². The van der Waals surface area contributed by atoms with Crippen molar-refractivity contribution in [3.05, 3.63) is 0 Å². The van der Waals surface area contributed by atoms with E-state index in [-0.39, 0.29) is 18.0 Å². The van der Waals surface area contributed by atoms with Crippen molar-refractivity contribution in [3.63, 3.8) is 0 Å². The minimum atomic E-state index is -0.898. The first-order chi connectivity index (χ1) is 9.67. The number of aliphatic carboxylic acids is 1. The predicted octanol–water partition coefficient (Wildman–Crippen LogP) is 1.85. The van der Waals surface area contributed by atoms with Gasteiger partial charge < -0.3 is 20.5 Å². The van der Waals surface area contributed by atoms with E-state index in [1.165, 1.54) is 0 Å². The summed E-state index contributed by atoms with van der Waals surface area (Å²) in [5, 5.41) is 14.9. The van der Waals surface area contributed by atoms with E-state index in [0.29, 0.717) is 38.5 Å². The minimum absolute atomic E-state index is 0.121. The molecule has 3 N–H and O–H groups in total. The average Bonchev–Trinajstić information content (AvgIpc) is 2.42. The lowest BCUT2D eigenvalue weighted by Gasteiger charge is -2.33. The highest BCUT2D eigenvalue weighted by atomic mass is 16.5. The van der Waals surface area contributed by atoms with E-state index in [9.17, 15) is 14.7 Å². The Morgan fingerprint density at radius 3 is 2.29 bits per heavy atom. The van der Waals surface area contributed by atoms with Gasteiger partial charge in [0.2, 0.25) is 0 Å². The highest BCUT2D eigenvalue weighted by Crippen LogP contribution is 2.30. The van der Waals surface area contributed by atoms with Gasteiger partial charge >= 0.3 is 12.0 Å². The van der Waals surface area contributed by atoms with Crippen molar-refractivity contribution < 1.29 is 19.4 Å². The summed E-state index contributed by atoms with van der Waals surface area (Å²) in [6.45, 7) is 10.0. The molecule has 1 saturated heterocycles. The number of rotatable bonds is 5. The minimum Gasteiger partial charge on any atom is -0.481 e. The summed E-state index contributed by atoms with van der Waals surface area (Å²) in [6, 6.07) is -0.307. The normalized spacial score (nSPS) is 19.6. The molecule has 0 aromatic rings. The fraction of sp³-hybridized carbons (Fsp3) is 0.867. The summed E-state index contributed by atoms with van der Waals surface area (Å²) in [6.07, 6.45) is 0.863. The van der Waals surface area contributed by atoms with Crippen molar-refractivity contribution in [2.24, 2.45) is 16.7 Å². The Balaban J connectivity index is 2.42. The van der Waals surface area contributed by atoms with Gasteiger partial charge in [-0.05, 0) is 24.2 Å². The summed E-state index contributed by atoms with van der Waals surface area (Å²) < 4.78 is 5.21. The van der Waals surface area contributed by atoms with E-state index >= 15 is 0 Å². The molecule has 0 saturated carbocycles. The van der Waals surface area contributed by atoms with E-state index in [0.717, 1.165) is 0 Å². The summed E-state index contributed by atoms with van der Waals surface area (Å²) in [4.78, 5) is 23.3. The SMILES string of the molecule is CC(CNC(=O)NCC1(C(=O)O)CCOCC1)C(C)(C)C. The van der Waals surface area contributed by atoms with Crippen LogP contribution in [0.4, 0.5) is 4.79 Å². The Morgan fingerprint density at radius 1 is 1.24 bits per heavy atom. The van der Waals surface area contributed by atoms with Gasteiger partial charge in [-0.3, -0.25) is 4.79 Å². The number of urea groups is 1. The van der Waals surface area contributed by atoms with Gasteiger partial charge in [-0.1, -0.05) is 27.7 Å². The van der Waals surface area contributed by atoms with Crippen LogP contribution in [0.15, 0.2) is 0 Å². The molecule has 2 amide bonds. The number of carboxylic acids is 1. The monoisotopic (exact) mass is 300 g/mol. The predicted molar refractivity (Wildman–Crippen MR) is 80.1 cm³/mol. The van der Waals surface area contributed by atoms with Crippen LogP contribution < -0.4 is 10.6 Å². The molecule has 0 radical (unpaired) electrons. The van der Waals surface area contributed by atoms with Gasteiger partial charge in [0.15, 0.2) is 0 Å². The fourth-order valence-electron chi connectivity index (χ4n) is 2.09. The number of nitrogens with one attached hydrogen (secondary N) is 2. The van der Waals surface area contributed by atoms with Crippen molar-refractivity contribution >= 4 is 12.0 Å². The molecule has 0 aromatic carbocycles. The molecule has 6 heteroatoms. The number of ether oxygens (including phenoxy) is 1. The third-order valence-corrected chi connectivity index (χ3v) is 4.54. The molecule has 122 valence electrons. The molecule has 0 spiro atoms. The average molecular weight is 300 g/mol. The van der Waals surface area contributed by atoms with E-state index < -0.39 is 11.4 Å². The fourth-order valence-corrected chi connectivity index (χ4v) is 2.09. The smallest absolute Gasteiger partial charge is 0.314 e. The van der Waals surface area contributed by atoms with Gasteiger partial charge in [-0.25, -0.2) is 4.79 Å². The summed E-state index contributed by atoms with van der Waals surface area (Å²) in [5.74, 6) is -0.533. The Morgan fingerprint density at radius 2 is 1.81 bits per heavy atom. The van der Waals surface area contributed by atoms with Gasteiger partial charge in [0.05, 0.1) is 5.41 Å². The molecule has 6 nitrogen and oxygen atoms in total. The van der Waals surface area contributed by atoms with Crippen molar-refractivity contribution in [2.75, 3.05) is 26.3 Å². The van der Waals surface area contributed by atoms with Crippen LogP contribution in [0, 0.1) is 16.7 Å². The Labute approximate surface area is 126 Å². The molecule has 1 atom stereocenters. The zero-order valence-corrected chi connectivity index (χ0v) is 13.5. The summed E-state index contributed by atoms with van der Waals surface area (Å²) in [7, 11) is 0. The molecule has 1 fully saturated rings. The van der Waals surface area contributed by atoms with Crippen LogP contribution in [0.25, 0.3) is 0 Å². The number of hydrogen-bond acceptors (Lipinski definition) is 3. The highest BCUT2D eigenvalue weighted by Gasteiger charge is 2.40. The molecule has 1 rings (SSSR count). The third-order valence-electron chi connectivity index (χ3n) is 4.54. The molecule has 1 aliphatic rings. The lowest BCUT2D eigenvalue weighted by molar-refractivity contribution is -0.154. The van der Waals surface area contributed by atoms with Crippen molar-refractivity contribution in [1.82, 2.24) is 10.6 Å². The number of amides is 2. The van der Waals surface area contributed by atoms with Crippen LogP contribution in [0.1, 0.15) is 40.5 Å². The molecule has 0 bridgehead atoms. The molecule has 1 heterocycles. The second kappa shape index (κ2) is 7.11. The van der Waals surface area contributed by atoms with Crippen LogP contribution in [-0.2, 0) is 9.53 Å². The van der Waals surface area contributed by atoms with Crippen molar-refractivity contribution in [1.29, 1.82) is 0 Å². The van der Waals surface area contributed by atoms with Crippen molar-refractivity contribution in [3.8, 4) is 0 Å². The summed E-state index contributed by atoms with van der Waals surface area (Å²) in [5.41, 5.74) is -0.776. The maximum Gasteiger partial charge on any atom is 0.314 e. The van der Waals surface area contributed by atoms with Crippen molar-refractivity contribution in [2.45, 2.75) is 40.5 Å². The molecular formula is C15H28N2O4. The lowest BCUT2D eigenvalue weighted by atomic mass is 9.80. The molecule has 1 unspecified atom stereocenters. The first-order valence-electron chi connectivity index (χ1n) is 7.50. The van der Waals surface area contributed by atoms with Crippen LogP contribution >= 0.6 is 0 Å². The largest absolute Gasteiger partial charge is 0.481 e. The summed E-state index contributed by atoms with van der Waals surface area (Å²) >= 11 is 0. The number of carbonyl (C=O) groups excluding carboxylic acids is 1. The maximum absolute atomic E-state index is 11.8. The topological polar surface area (TPSA) is 87.7 Å². The van der Waals surface area contributed by atoms with E-state index in [1.54, 1.807) is 0 Å². The second-order valence-corrected chi connectivity index (χ2v) is 7.03. The molecule has 0 aliphatic carbocycles. The zero-order chi connectivity index (χ0) is 16.1. The van der Waals surface area contributed by atoms with Gasteiger partial charge in [0, 0.05) is 26.3 Å². The second-order valence-electron chi connectivity index (χ2n) is 7.03. The number of carboxylic acid groups (broad SMARTS) is 1. The zero-order valence-electron chi connectivity index (χ0n) is 13.5. The molecule has 0 aromatic heterocycles. The molecular weight excluding hydrogens is 272 g/mol. The van der Waals surface area contributed by atoms with Crippen LogP contribution in [0.5, 0.6) is 0 Å². The Hall–Kier alpha value is -1.30.